The van der Waals surface area contributed by atoms with E-state index in [1.165, 1.54) is 11.3 Å². The van der Waals surface area contributed by atoms with Crippen molar-refractivity contribution in [2.45, 2.75) is 0 Å². The van der Waals surface area contributed by atoms with E-state index in [1.807, 2.05) is 36.4 Å². The number of hydrogen-bond donors (Lipinski definition) is 2. The van der Waals surface area contributed by atoms with Crippen molar-refractivity contribution in [3.63, 3.8) is 0 Å². The number of benzene rings is 2. The molecule has 0 spiro atoms. The van der Waals surface area contributed by atoms with Gasteiger partial charge >= 0.3 is 7.12 Å². The summed E-state index contributed by atoms with van der Waals surface area (Å²) in [5.41, 5.74) is 0.812. The molecule has 0 saturated heterocycles. The normalized spacial score (nSPS) is 11.1. The first kappa shape index (κ1) is 9.78. The maximum absolute atomic E-state index is 9.10. The number of aromatic nitrogens is 1. The van der Waals surface area contributed by atoms with Crippen molar-refractivity contribution in [1.82, 2.24) is 4.98 Å². The first-order valence-corrected chi connectivity index (χ1v) is 5.72. The third-order valence-corrected chi connectivity index (χ3v) is 3.66. The Bertz CT molecular complexity index is 665. The molecule has 16 heavy (non-hydrogen) atoms. The summed E-state index contributed by atoms with van der Waals surface area (Å²) in [6, 6.07) is 11.9. The van der Waals surface area contributed by atoms with E-state index in [0.717, 1.165) is 21.0 Å². The molecule has 2 aromatic carbocycles. The first-order valence-electron chi connectivity index (χ1n) is 4.90. The van der Waals surface area contributed by atoms with Crippen molar-refractivity contribution in [3.05, 3.63) is 36.4 Å². The van der Waals surface area contributed by atoms with Crippen LogP contribution < -0.4 is 4.91 Å². The summed E-state index contributed by atoms with van der Waals surface area (Å²) in [5.74, 6) is 0. The Morgan fingerprint density at radius 1 is 1.06 bits per heavy atom. The summed E-state index contributed by atoms with van der Waals surface area (Å²) in [5, 5.41) is 20.4. The van der Waals surface area contributed by atoms with Gasteiger partial charge < -0.3 is 10.0 Å². The minimum absolute atomic E-state index is 0.339. The highest BCUT2D eigenvalue weighted by atomic mass is 32.1. The molecule has 1 aromatic heterocycles. The van der Waals surface area contributed by atoms with Crippen LogP contribution in [0.5, 0.6) is 0 Å². The highest BCUT2D eigenvalue weighted by Crippen LogP contribution is 2.26. The standard InChI is InChI=1S/C11H8BNO2S/c14-12(15)11-13-9-6-5-7-3-1-2-4-8(7)10(9)16-11/h1-6,14-15H. The molecule has 0 radical (unpaired) electrons. The van der Waals surface area contributed by atoms with E-state index in [4.69, 9.17) is 10.0 Å². The minimum atomic E-state index is -1.49. The number of hydrogen-bond acceptors (Lipinski definition) is 4. The number of thiazole rings is 1. The molecule has 1 heterocycles. The molecule has 0 unspecified atom stereocenters. The van der Waals surface area contributed by atoms with E-state index in [-0.39, 0.29) is 0 Å². The Labute approximate surface area is 96.1 Å². The Balaban J connectivity index is 2.41. The molecule has 0 amide bonds. The van der Waals surface area contributed by atoms with Crippen molar-refractivity contribution in [2.24, 2.45) is 0 Å². The predicted molar refractivity (Wildman–Crippen MR) is 67.0 cm³/mol. The Morgan fingerprint density at radius 3 is 2.69 bits per heavy atom. The van der Waals surface area contributed by atoms with Crippen molar-refractivity contribution in [3.8, 4) is 0 Å². The number of nitrogens with zero attached hydrogens (tertiary/aromatic N) is 1. The monoisotopic (exact) mass is 229 g/mol. The molecular formula is C11H8BNO2S. The van der Waals surface area contributed by atoms with Gasteiger partial charge in [0.2, 0.25) is 0 Å². The van der Waals surface area contributed by atoms with Gasteiger partial charge in [-0.05, 0) is 11.5 Å². The molecule has 3 rings (SSSR count). The zero-order valence-corrected chi connectivity index (χ0v) is 9.11. The molecule has 0 atom stereocenters. The lowest BCUT2D eigenvalue weighted by molar-refractivity contribution is 0.425. The zero-order chi connectivity index (χ0) is 11.1. The quantitative estimate of drug-likeness (QED) is 0.615. The summed E-state index contributed by atoms with van der Waals surface area (Å²) < 4.78 is 1.00. The van der Waals surface area contributed by atoms with E-state index in [0.29, 0.717) is 4.91 Å². The minimum Gasteiger partial charge on any atom is -0.422 e. The zero-order valence-electron chi connectivity index (χ0n) is 8.29. The molecule has 5 heteroatoms. The van der Waals surface area contributed by atoms with Gasteiger partial charge in [-0.3, -0.25) is 0 Å². The molecular weight excluding hydrogens is 221 g/mol. The summed E-state index contributed by atoms with van der Waals surface area (Å²) in [4.78, 5) is 4.52. The lowest BCUT2D eigenvalue weighted by atomic mass is 9.94. The van der Waals surface area contributed by atoms with Gasteiger partial charge in [-0.15, -0.1) is 11.3 Å². The van der Waals surface area contributed by atoms with Gasteiger partial charge in [0.25, 0.3) is 0 Å². The summed E-state index contributed by atoms with van der Waals surface area (Å²) in [6.45, 7) is 0. The first-order chi connectivity index (χ1) is 7.75. The average Bonchev–Trinajstić information content (AvgIpc) is 2.73. The van der Waals surface area contributed by atoms with Crippen molar-refractivity contribution in [2.75, 3.05) is 0 Å². The van der Waals surface area contributed by atoms with E-state index in [1.54, 1.807) is 0 Å². The topological polar surface area (TPSA) is 53.4 Å². The average molecular weight is 229 g/mol. The SMILES string of the molecule is OB(O)c1nc2ccc3ccccc3c2s1. The smallest absolute Gasteiger partial charge is 0.422 e. The fraction of sp³-hybridized carbons (Fsp3) is 0. The van der Waals surface area contributed by atoms with E-state index in [9.17, 15) is 0 Å². The van der Waals surface area contributed by atoms with Gasteiger partial charge in [0.05, 0.1) is 10.2 Å². The van der Waals surface area contributed by atoms with E-state index < -0.39 is 7.12 Å². The molecule has 0 bridgehead atoms. The van der Waals surface area contributed by atoms with Gasteiger partial charge in [0, 0.05) is 5.39 Å². The van der Waals surface area contributed by atoms with Crippen LogP contribution in [0.25, 0.3) is 21.0 Å². The van der Waals surface area contributed by atoms with Crippen LogP contribution in [0, 0.1) is 0 Å². The molecule has 0 aliphatic carbocycles. The largest absolute Gasteiger partial charge is 0.519 e. The third-order valence-electron chi connectivity index (χ3n) is 2.52. The van der Waals surface area contributed by atoms with Gasteiger partial charge in [0.1, 0.15) is 4.91 Å². The maximum Gasteiger partial charge on any atom is 0.519 e. The molecule has 0 fully saturated rings. The fourth-order valence-electron chi connectivity index (χ4n) is 1.78. The van der Waals surface area contributed by atoms with Gasteiger partial charge in [-0.1, -0.05) is 30.3 Å². The van der Waals surface area contributed by atoms with Crippen LogP contribution in [0.4, 0.5) is 0 Å². The molecule has 2 N–H and O–H groups in total. The highest BCUT2D eigenvalue weighted by Gasteiger charge is 2.17. The Hall–Kier alpha value is -1.43. The van der Waals surface area contributed by atoms with Crippen LogP contribution >= 0.6 is 11.3 Å². The third kappa shape index (κ3) is 1.41. The Morgan fingerprint density at radius 2 is 1.88 bits per heavy atom. The number of rotatable bonds is 1. The van der Waals surface area contributed by atoms with Crippen LogP contribution in [0.2, 0.25) is 0 Å². The second-order valence-electron chi connectivity index (χ2n) is 3.56. The fourth-order valence-corrected chi connectivity index (χ4v) is 2.76. The maximum atomic E-state index is 9.10. The molecule has 0 aliphatic rings. The van der Waals surface area contributed by atoms with Crippen molar-refractivity contribution in [1.29, 1.82) is 0 Å². The summed E-state index contributed by atoms with van der Waals surface area (Å²) in [7, 11) is -1.49. The van der Waals surface area contributed by atoms with E-state index in [2.05, 4.69) is 4.98 Å². The van der Waals surface area contributed by atoms with Gasteiger partial charge in [-0.25, -0.2) is 4.98 Å². The van der Waals surface area contributed by atoms with Gasteiger partial charge in [0.15, 0.2) is 0 Å². The van der Waals surface area contributed by atoms with Gasteiger partial charge in [-0.2, -0.15) is 0 Å². The van der Waals surface area contributed by atoms with Crippen molar-refractivity contribution < 1.29 is 10.0 Å². The molecule has 78 valence electrons. The molecule has 3 nitrogen and oxygen atoms in total. The van der Waals surface area contributed by atoms with Crippen LogP contribution in [0.3, 0.4) is 0 Å². The summed E-state index contributed by atoms with van der Waals surface area (Å²) >= 11 is 1.32. The second kappa shape index (κ2) is 3.55. The van der Waals surface area contributed by atoms with Crippen LogP contribution in [-0.2, 0) is 0 Å². The lowest BCUT2D eigenvalue weighted by Gasteiger charge is -1.96. The highest BCUT2D eigenvalue weighted by molar-refractivity contribution is 7.28. The molecule has 3 aromatic rings. The Kier molecular flexibility index (Phi) is 2.17. The lowest BCUT2D eigenvalue weighted by Crippen LogP contribution is -2.28. The van der Waals surface area contributed by atoms with Crippen LogP contribution in [-0.4, -0.2) is 22.2 Å². The van der Waals surface area contributed by atoms with Crippen LogP contribution in [0.1, 0.15) is 0 Å². The number of fused-ring (bicyclic) bond motifs is 3. The predicted octanol–water partition coefficient (Wildman–Crippen LogP) is 1.13. The van der Waals surface area contributed by atoms with Crippen molar-refractivity contribution >= 4 is 44.4 Å². The van der Waals surface area contributed by atoms with Crippen LogP contribution in [0.15, 0.2) is 36.4 Å². The van der Waals surface area contributed by atoms with E-state index >= 15 is 0 Å². The molecule has 0 aliphatic heterocycles. The summed E-state index contributed by atoms with van der Waals surface area (Å²) in [6.07, 6.45) is 0. The molecule has 0 saturated carbocycles. The second-order valence-corrected chi connectivity index (χ2v) is 4.59.